The Morgan fingerprint density at radius 3 is 2.60 bits per heavy atom. The first-order valence-electron chi connectivity index (χ1n) is 6.57. The summed E-state index contributed by atoms with van der Waals surface area (Å²) in [6.45, 7) is 0.391. The van der Waals surface area contributed by atoms with E-state index < -0.39 is 16.1 Å². The minimum atomic E-state index is -3.66. The van der Waals surface area contributed by atoms with Gasteiger partial charge in [0.2, 0.25) is 15.9 Å². The quantitative estimate of drug-likeness (QED) is 0.897. The fourth-order valence-corrected chi connectivity index (χ4v) is 4.88. The number of nitrogens with one attached hydrogen (secondary N) is 1. The Labute approximate surface area is 123 Å². The molecule has 0 saturated carbocycles. The SMILES string of the molecule is O=C1NC[C@H]2CCC[C@H]1N2S(=O)(=O)c1ccc(Cl)cc1. The summed E-state index contributed by atoms with van der Waals surface area (Å²) in [4.78, 5) is 12.1. The van der Waals surface area contributed by atoms with Crippen LogP contribution in [0.5, 0.6) is 0 Å². The number of halogens is 1. The molecule has 5 nitrogen and oxygen atoms in total. The van der Waals surface area contributed by atoms with E-state index in [1.54, 1.807) is 12.1 Å². The molecule has 2 atom stereocenters. The van der Waals surface area contributed by atoms with Gasteiger partial charge in [-0.15, -0.1) is 0 Å². The summed E-state index contributed by atoms with van der Waals surface area (Å²) >= 11 is 5.79. The number of carbonyl (C=O) groups is 1. The summed E-state index contributed by atoms with van der Waals surface area (Å²) < 4.78 is 26.9. The second-order valence-electron chi connectivity index (χ2n) is 5.13. The van der Waals surface area contributed by atoms with Crippen LogP contribution >= 0.6 is 11.6 Å². The van der Waals surface area contributed by atoms with E-state index in [0.29, 0.717) is 18.0 Å². The van der Waals surface area contributed by atoms with Gasteiger partial charge in [-0.05, 0) is 43.5 Å². The smallest absolute Gasteiger partial charge is 0.244 e. The predicted molar refractivity (Wildman–Crippen MR) is 74.9 cm³/mol. The molecule has 2 bridgehead atoms. The summed E-state index contributed by atoms with van der Waals surface area (Å²) in [5.41, 5.74) is 0. The van der Waals surface area contributed by atoms with Crippen LogP contribution in [0, 0.1) is 0 Å². The van der Waals surface area contributed by atoms with Gasteiger partial charge in [-0.3, -0.25) is 4.79 Å². The number of fused-ring (bicyclic) bond motifs is 2. The molecular formula is C13H15ClN2O3S. The molecule has 1 amide bonds. The normalized spacial score (nSPS) is 27.1. The van der Waals surface area contributed by atoms with Gasteiger partial charge < -0.3 is 5.32 Å². The molecule has 7 heteroatoms. The molecule has 0 unspecified atom stereocenters. The average Bonchev–Trinajstić information content (AvgIpc) is 2.43. The van der Waals surface area contributed by atoms with Gasteiger partial charge in [-0.25, -0.2) is 8.42 Å². The molecule has 0 spiro atoms. The second-order valence-corrected chi connectivity index (χ2v) is 7.41. The first-order chi connectivity index (χ1) is 9.50. The zero-order valence-electron chi connectivity index (χ0n) is 10.8. The van der Waals surface area contributed by atoms with E-state index in [-0.39, 0.29) is 16.8 Å². The average molecular weight is 315 g/mol. The van der Waals surface area contributed by atoms with Crippen LogP contribution in [-0.2, 0) is 14.8 Å². The van der Waals surface area contributed by atoms with Crippen molar-refractivity contribution in [2.45, 2.75) is 36.2 Å². The number of piperazine rings is 1. The number of hydrogen-bond acceptors (Lipinski definition) is 3. The van der Waals surface area contributed by atoms with Crippen molar-refractivity contribution in [1.29, 1.82) is 0 Å². The van der Waals surface area contributed by atoms with E-state index in [0.717, 1.165) is 12.8 Å². The van der Waals surface area contributed by atoms with Gasteiger partial charge in [-0.2, -0.15) is 4.31 Å². The van der Waals surface area contributed by atoms with Crippen LogP contribution < -0.4 is 5.32 Å². The monoisotopic (exact) mass is 314 g/mol. The molecule has 20 heavy (non-hydrogen) atoms. The number of amides is 1. The fraction of sp³-hybridized carbons (Fsp3) is 0.462. The molecule has 2 fully saturated rings. The van der Waals surface area contributed by atoms with Crippen LogP contribution in [0.15, 0.2) is 29.2 Å². The van der Waals surface area contributed by atoms with E-state index >= 15 is 0 Å². The number of carbonyl (C=O) groups excluding carboxylic acids is 1. The number of nitrogens with zero attached hydrogens (tertiary/aromatic N) is 1. The summed E-state index contributed by atoms with van der Waals surface area (Å²) in [5.74, 6) is -0.196. The van der Waals surface area contributed by atoms with Gasteiger partial charge in [0, 0.05) is 17.6 Å². The molecule has 1 aromatic carbocycles. The molecule has 1 aromatic rings. The van der Waals surface area contributed by atoms with Crippen molar-refractivity contribution in [1.82, 2.24) is 9.62 Å². The first-order valence-corrected chi connectivity index (χ1v) is 8.39. The molecule has 0 aliphatic carbocycles. The Balaban J connectivity index is 2.01. The number of rotatable bonds is 2. The third-order valence-electron chi connectivity index (χ3n) is 3.89. The third kappa shape index (κ3) is 2.21. The van der Waals surface area contributed by atoms with Crippen molar-refractivity contribution in [2.75, 3.05) is 6.54 Å². The van der Waals surface area contributed by atoms with E-state index in [1.165, 1.54) is 16.4 Å². The second kappa shape index (κ2) is 5.02. The van der Waals surface area contributed by atoms with Crippen molar-refractivity contribution in [2.24, 2.45) is 0 Å². The minimum Gasteiger partial charge on any atom is -0.353 e. The largest absolute Gasteiger partial charge is 0.353 e. The zero-order valence-corrected chi connectivity index (χ0v) is 12.3. The number of hydrogen-bond donors (Lipinski definition) is 1. The highest BCUT2D eigenvalue weighted by atomic mass is 35.5. The Morgan fingerprint density at radius 1 is 1.20 bits per heavy atom. The summed E-state index contributed by atoms with van der Waals surface area (Å²) in [5, 5.41) is 3.27. The molecular weight excluding hydrogens is 300 g/mol. The lowest BCUT2D eigenvalue weighted by atomic mass is 9.95. The molecule has 2 saturated heterocycles. The van der Waals surface area contributed by atoms with Crippen molar-refractivity contribution < 1.29 is 13.2 Å². The third-order valence-corrected chi connectivity index (χ3v) is 6.11. The van der Waals surface area contributed by atoms with Gasteiger partial charge in [0.05, 0.1) is 4.90 Å². The van der Waals surface area contributed by atoms with Crippen molar-refractivity contribution in [3.8, 4) is 0 Å². The Kier molecular flexibility index (Phi) is 3.48. The molecule has 108 valence electrons. The van der Waals surface area contributed by atoms with Gasteiger partial charge in [0.1, 0.15) is 6.04 Å². The van der Waals surface area contributed by atoms with Crippen LogP contribution in [0.25, 0.3) is 0 Å². The van der Waals surface area contributed by atoms with Gasteiger partial charge >= 0.3 is 0 Å². The number of benzene rings is 1. The maximum absolute atomic E-state index is 12.8. The Morgan fingerprint density at radius 2 is 1.90 bits per heavy atom. The summed E-state index contributed by atoms with van der Waals surface area (Å²) in [6, 6.07) is 5.35. The van der Waals surface area contributed by atoms with Crippen molar-refractivity contribution in [3.05, 3.63) is 29.3 Å². The number of piperidine rings is 1. The summed E-state index contributed by atoms with van der Waals surface area (Å²) in [7, 11) is -3.66. The Hall–Kier alpha value is -1.11. The summed E-state index contributed by atoms with van der Waals surface area (Å²) in [6.07, 6.45) is 2.24. The van der Waals surface area contributed by atoms with Crippen LogP contribution in [-0.4, -0.2) is 37.3 Å². The topological polar surface area (TPSA) is 66.5 Å². The van der Waals surface area contributed by atoms with E-state index in [1.807, 2.05) is 0 Å². The van der Waals surface area contributed by atoms with Gasteiger partial charge in [0.15, 0.2) is 0 Å². The maximum atomic E-state index is 12.8. The first kappa shape index (κ1) is 13.9. The lowest BCUT2D eigenvalue weighted by molar-refractivity contribution is -0.129. The zero-order chi connectivity index (χ0) is 14.3. The van der Waals surface area contributed by atoms with E-state index in [2.05, 4.69) is 5.32 Å². The highest BCUT2D eigenvalue weighted by Gasteiger charge is 2.46. The van der Waals surface area contributed by atoms with Gasteiger partial charge in [-0.1, -0.05) is 11.6 Å². The van der Waals surface area contributed by atoms with E-state index in [4.69, 9.17) is 11.6 Å². The molecule has 2 aliphatic heterocycles. The maximum Gasteiger partial charge on any atom is 0.244 e. The van der Waals surface area contributed by atoms with Crippen LogP contribution in [0.3, 0.4) is 0 Å². The fourth-order valence-electron chi connectivity index (χ4n) is 2.92. The molecule has 0 radical (unpaired) electrons. The van der Waals surface area contributed by atoms with Crippen LogP contribution in [0.2, 0.25) is 5.02 Å². The molecule has 2 aliphatic rings. The van der Waals surface area contributed by atoms with Crippen molar-refractivity contribution >= 4 is 27.5 Å². The van der Waals surface area contributed by atoms with Crippen LogP contribution in [0.1, 0.15) is 19.3 Å². The van der Waals surface area contributed by atoms with Crippen molar-refractivity contribution in [3.63, 3.8) is 0 Å². The minimum absolute atomic E-state index is 0.146. The molecule has 1 N–H and O–H groups in total. The van der Waals surface area contributed by atoms with Gasteiger partial charge in [0.25, 0.3) is 0 Å². The van der Waals surface area contributed by atoms with Crippen LogP contribution in [0.4, 0.5) is 0 Å². The highest BCUT2D eigenvalue weighted by molar-refractivity contribution is 7.89. The standard InChI is InChI=1S/C13H15ClN2O3S/c14-9-4-6-11(7-5-9)20(18,19)16-10-2-1-3-12(16)13(17)15-8-10/h4-7,10,12H,1-3,8H2,(H,15,17)/t10-,12-/m1/s1. The molecule has 2 heterocycles. The Bertz CT molecular complexity index is 630. The predicted octanol–water partition coefficient (Wildman–Crippen LogP) is 1.38. The highest BCUT2D eigenvalue weighted by Crippen LogP contribution is 2.32. The lowest BCUT2D eigenvalue weighted by Crippen LogP contribution is -2.63. The molecule has 3 rings (SSSR count). The number of sulfonamides is 1. The van der Waals surface area contributed by atoms with E-state index in [9.17, 15) is 13.2 Å². The molecule has 0 aromatic heterocycles. The lowest BCUT2D eigenvalue weighted by Gasteiger charge is -2.43.